The first-order valence-corrected chi connectivity index (χ1v) is 4.38. The lowest BCUT2D eigenvalue weighted by molar-refractivity contribution is -0.116. The highest BCUT2D eigenvalue weighted by Crippen LogP contribution is 2.26. The summed E-state index contributed by atoms with van der Waals surface area (Å²) >= 11 is 0. The van der Waals surface area contributed by atoms with Crippen LogP contribution in [-0.4, -0.2) is 19.0 Å². The van der Waals surface area contributed by atoms with Gasteiger partial charge < -0.3 is 10.6 Å². The molecule has 13 heavy (non-hydrogen) atoms. The van der Waals surface area contributed by atoms with Crippen LogP contribution in [0.5, 0.6) is 0 Å². The number of rotatable bonds is 2. The fourth-order valence-electron chi connectivity index (χ4n) is 1.76. The molecule has 0 fully saturated rings. The van der Waals surface area contributed by atoms with Gasteiger partial charge in [0, 0.05) is 12.2 Å². The highest BCUT2D eigenvalue weighted by molar-refractivity contribution is 5.80. The number of carbonyl (C=O) groups is 1. The van der Waals surface area contributed by atoms with E-state index in [0.717, 1.165) is 18.7 Å². The van der Waals surface area contributed by atoms with Gasteiger partial charge in [-0.1, -0.05) is 18.2 Å². The van der Waals surface area contributed by atoms with E-state index in [2.05, 4.69) is 6.07 Å². The van der Waals surface area contributed by atoms with E-state index in [1.165, 1.54) is 5.56 Å². The number of primary amides is 1. The fourth-order valence-corrected chi connectivity index (χ4v) is 1.76. The first-order valence-electron chi connectivity index (χ1n) is 4.38. The Morgan fingerprint density at radius 1 is 1.46 bits per heavy atom. The molecule has 0 saturated heterocycles. The van der Waals surface area contributed by atoms with E-state index in [1.54, 1.807) is 0 Å². The summed E-state index contributed by atoms with van der Waals surface area (Å²) in [6, 6.07) is 8.13. The molecule has 0 unspecified atom stereocenters. The Labute approximate surface area is 77.1 Å². The summed E-state index contributed by atoms with van der Waals surface area (Å²) in [6.07, 6.45) is 1.02. The Morgan fingerprint density at radius 3 is 3.00 bits per heavy atom. The van der Waals surface area contributed by atoms with Crippen molar-refractivity contribution in [3.63, 3.8) is 0 Å². The van der Waals surface area contributed by atoms with E-state index in [1.807, 2.05) is 23.1 Å². The first-order chi connectivity index (χ1) is 6.27. The largest absolute Gasteiger partial charge is 0.368 e. The molecule has 3 heteroatoms. The van der Waals surface area contributed by atoms with Crippen LogP contribution >= 0.6 is 0 Å². The number of carbonyl (C=O) groups excluding carboxylic acids is 1. The molecular formula is C10H12N2O. The van der Waals surface area contributed by atoms with E-state index >= 15 is 0 Å². The van der Waals surface area contributed by atoms with Gasteiger partial charge in [0.2, 0.25) is 5.91 Å². The normalized spacial score (nSPS) is 14.3. The minimum atomic E-state index is -0.267. The van der Waals surface area contributed by atoms with Crippen LogP contribution in [0.15, 0.2) is 24.3 Å². The number of hydrogen-bond acceptors (Lipinski definition) is 2. The van der Waals surface area contributed by atoms with Crippen molar-refractivity contribution in [3.05, 3.63) is 29.8 Å². The highest BCUT2D eigenvalue weighted by atomic mass is 16.1. The van der Waals surface area contributed by atoms with Crippen molar-refractivity contribution in [1.29, 1.82) is 0 Å². The third-order valence-electron chi connectivity index (χ3n) is 2.33. The quantitative estimate of drug-likeness (QED) is 0.714. The van der Waals surface area contributed by atoms with Crippen molar-refractivity contribution in [3.8, 4) is 0 Å². The molecular weight excluding hydrogens is 164 g/mol. The van der Waals surface area contributed by atoms with Crippen molar-refractivity contribution in [1.82, 2.24) is 0 Å². The smallest absolute Gasteiger partial charge is 0.236 e. The molecule has 0 saturated carbocycles. The molecule has 1 aliphatic heterocycles. The van der Waals surface area contributed by atoms with Crippen LogP contribution in [0.3, 0.4) is 0 Å². The zero-order chi connectivity index (χ0) is 9.26. The minimum absolute atomic E-state index is 0.267. The summed E-state index contributed by atoms with van der Waals surface area (Å²) in [4.78, 5) is 12.8. The maximum atomic E-state index is 10.7. The van der Waals surface area contributed by atoms with Crippen LogP contribution < -0.4 is 10.6 Å². The molecule has 2 rings (SSSR count). The second-order valence-electron chi connectivity index (χ2n) is 3.27. The van der Waals surface area contributed by atoms with Crippen LogP contribution in [0.25, 0.3) is 0 Å². The summed E-state index contributed by atoms with van der Waals surface area (Å²) < 4.78 is 0. The van der Waals surface area contributed by atoms with Gasteiger partial charge in [-0.2, -0.15) is 0 Å². The molecule has 0 spiro atoms. The van der Waals surface area contributed by atoms with Crippen molar-refractivity contribution >= 4 is 11.6 Å². The summed E-state index contributed by atoms with van der Waals surface area (Å²) in [5, 5.41) is 0. The zero-order valence-corrected chi connectivity index (χ0v) is 7.36. The van der Waals surface area contributed by atoms with Gasteiger partial charge in [0.1, 0.15) is 0 Å². The lowest BCUT2D eigenvalue weighted by Crippen LogP contribution is -2.32. The van der Waals surface area contributed by atoms with Crippen LogP contribution in [0.4, 0.5) is 5.69 Å². The van der Waals surface area contributed by atoms with Gasteiger partial charge in [0.25, 0.3) is 0 Å². The van der Waals surface area contributed by atoms with Crippen LogP contribution in [0.2, 0.25) is 0 Å². The number of anilines is 1. The van der Waals surface area contributed by atoms with Crippen molar-refractivity contribution < 1.29 is 4.79 Å². The number of amides is 1. The van der Waals surface area contributed by atoms with Crippen LogP contribution in [0.1, 0.15) is 5.56 Å². The second kappa shape index (κ2) is 3.09. The van der Waals surface area contributed by atoms with E-state index in [4.69, 9.17) is 5.73 Å². The van der Waals surface area contributed by atoms with E-state index in [-0.39, 0.29) is 5.91 Å². The summed E-state index contributed by atoms with van der Waals surface area (Å²) in [6.45, 7) is 1.24. The topological polar surface area (TPSA) is 46.3 Å². The van der Waals surface area contributed by atoms with Gasteiger partial charge in [-0.25, -0.2) is 0 Å². The molecule has 2 N–H and O–H groups in total. The third kappa shape index (κ3) is 1.49. The average molecular weight is 176 g/mol. The lowest BCUT2D eigenvalue weighted by atomic mass is 10.2. The van der Waals surface area contributed by atoms with Crippen LogP contribution in [0, 0.1) is 0 Å². The molecule has 68 valence electrons. The van der Waals surface area contributed by atoms with Crippen molar-refractivity contribution in [2.24, 2.45) is 5.73 Å². The molecule has 0 bridgehead atoms. The Balaban J connectivity index is 2.23. The number of nitrogens with zero attached hydrogens (tertiary/aromatic N) is 1. The number of nitrogens with two attached hydrogens (primary N) is 1. The molecule has 1 aromatic carbocycles. The number of para-hydroxylation sites is 1. The monoisotopic (exact) mass is 176 g/mol. The SMILES string of the molecule is NC(=O)CN1CCc2ccccc21. The predicted molar refractivity (Wildman–Crippen MR) is 51.6 cm³/mol. The fraction of sp³-hybridized carbons (Fsp3) is 0.300. The molecule has 3 nitrogen and oxygen atoms in total. The number of fused-ring (bicyclic) bond motifs is 1. The first kappa shape index (κ1) is 8.10. The Morgan fingerprint density at radius 2 is 2.23 bits per heavy atom. The maximum absolute atomic E-state index is 10.7. The van der Waals surface area contributed by atoms with E-state index < -0.39 is 0 Å². The Kier molecular flexibility index (Phi) is 1.93. The molecule has 0 aromatic heterocycles. The van der Waals surface area contributed by atoms with Gasteiger partial charge in [0.15, 0.2) is 0 Å². The minimum Gasteiger partial charge on any atom is -0.368 e. The van der Waals surface area contributed by atoms with Gasteiger partial charge in [-0.05, 0) is 18.1 Å². The molecule has 1 heterocycles. The molecule has 0 aliphatic carbocycles. The standard InChI is InChI=1S/C10H12N2O/c11-10(13)7-12-6-5-8-3-1-2-4-9(8)12/h1-4H,5-7H2,(H2,11,13). The van der Waals surface area contributed by atoms with Gasteiger partial charge in [-0.3, -0.25) is 4.79 Å². The molecule has 1 amide bonds. The lowest BCUT2D eigenvalue weighted by Gasteiger charge is -2.16. The average Bonchev–Trinajstić information content (AvgIpc) is 2.48. The third-order valence-corrected chi connectivity index (χ3v) is 2.33. The number of benzene rings is 1. The maximum Gasteiger partial charge on any atom is 0.236 e. The van der Waals surface area contributed by atoms with E-state index in [9.17, 15) is 4.79 Å². The molecule has 0 radical (unpaired) electrons. The summed E-state index contributed by atoms with van der Waals surface area (Å²) in [7, 11) is 0. The Hall–Kier alpha value is -1.51. The van der Waals surface area contributed by atoms with Crippen LogP contribution in [-0.2, 0) is 11.2 Å². The zero-order valence-electron chi connectivity index (χ0n) is 7.36. The molecule has 1 aromatic rings. The summed E-state index contributed by atoms with van der Waals surface area (Å²) in [5.74, 6) is -0.267. The van der Waals surface area contributed by atoms with Crippen molar-refractivity contribution in [2.45, 2.75) is 6.42 Å². The molecule has 0 atom stereocenters. The van der Waals surface area contributed by atoms with Gasteiger partial charge in [0.05, 0.1) is 6.54 Å². The summed E-state index contributed by atoms with van der Waals surface area (Å²) in [5.41, 5.74) is 7.61. The number of hydrogen-bond donors (Lipinski definition) is 1. The highest BCUT2D eigenvalue weighted by Gasteiger charge is 2.18. The van der Waals surface area contributed by atoms with Gasteiger partial charge in [-0.15, -0.1) is 0 Å². The van der Waals surface area contributed by atoms with E-state index in [0.29, 0.717) is 6.54 Å². The van der Waals surface area contributed by atoms with Crippen molar-refractivity contribution in [2.75, 3.05) is 18.0 Å². The molecule has 1 aliphatic rings. The predicted octanol–water partition coefficient (Wildman–Crippen LogP) is 0.534. The Bertz CT molecular complexity index is 335. The second-order valence-corrected chi connectivity index (χ2v) is 3.27. The van der Waals surface area contributed by atoms with Gasteiger partial charge >= 0.3 is 0 Å².